The van der Waals surface area contributed by atoms with E-state index in [0.29, 0.717) is 31.2 Å². The second kappa shape index (κ2) is 9.33. The van der Waals surface area contributed by atoms with Crippen LogP contribution in [0.5, 0.6) is 0 Å². The zero-order valence-corrected chi connectivity index (χ0v) is 17.8. The molecule has 1 unspecified atom stereocenters. The van der Waals surface area contributed by atoms with Crippen LogP contribution in [0.15, 0.2) is 42.5 Å². The van der Waals surface area contributed by atoms with Crippen molar-refractivity contribution >= 4 is 23.4 Å². The molecule has 0 aliphatic carbocycles. The fourth-order valence-electron chi connectivity index (χ4n) is 3.91. The molecular weight excluding hydrogens is 420 g/mol. The Morgan fingerprint density at radius 1 is 1.15 bits per heavy atom. The highest BCUT2D eigenvalue weighted by Gasteiger charge is 2.39. The average molecular weight is 456 g/mol. The fraction of sp³-hybridized carbons (Fsp3) is 0.400. The lowest BCUT2D eigenvalue weighted by Crippen LogP contribution is -2.52. The van der Waals surface area contributed by atoms with Crippen LogP contribution < -0.4 is 10.6 Å². The van der Waals surface area contributed by atoms with Crippen molar-refractivity contribution in [3.63, 3.8) is 0 Å². The number of nitrogens with zero attached hydrogens (tertiary/aromatic N) is 2. The first-order valence-electron chi connectivity index (χ1n) is 14.2. The van der Waals surface area contributed by atoms with E-state index in [1.165, 1.54) is 36.4 Å². The standard InChI is InChI=1S/C25H28N4O4/c30-23-8-7-22(24(31)27-23)29-16-20-19(25(29)32)5-2-6-21(20)26-14-17-3-1-4-18(13-17)15-28-9-11-33-12-10-28/h1-6,13,22,26H,7-12,14-16H2,(H,27,30,31)/i14D2,15D2,16D2,22D. The molecule has 0 saturated carbocycles. The van der Waals surface area contributed by atoms with Gasteiger partial charge in [-0.1, -0.05) is 30.3 Å². The second-order valence-electron chi connectivity index (χ2n) is 7.85. The zero-order valence-electron chi connectivity index (χ0n) is 24.8. The zero-order chi connectivity index (χ0) is 29.1. The smallest absolute Gasteiger partial charge is 0.255 e. The van der Waals surface area contributed by atoms with Crippen molar-refractivity contribution in [3.05, 3.63) is 64.7 Å². The average Bonchev–Trinajstić information content (AvgIpc) is 3.12. The number of ether oxygens (including phenoxy) is 1. The molecule has 2 N–H and O–H groups in total. The van der Waals surface area contributed by atoms with Gasteiger partial charge in [-0.05, 0) is 29.7 Å². The largest absolute Gasteiger partial charge is 0.381 e. The number of morpholine rings is 1. The van der Waals surface area contributed by atoms with E-state index < -0.39 is 49.7 Å². The molecule has 3 aliphatic heterocycles. The van der Waals surface area contributed by atoms with Crippen LogP contribution in [0, 0.1) is 0 Å². The van der Waals surface area contributed by atoms with E-state index in [2.05, 4.69) is 5.32 Å². The van der Waals surface area contributed by atoms with Crippen LogP contribution >= 0.6 is 0 Å². The van der Waals surface area contributed by atoms with Crippen LogP contribution in [0.3, 0.4) is 0 Å². The molecule has 0 bridgehead atoms. The van der Waals surface area contributed by atoms with Crippen LogP contribution in [0.25, 0.3) is 0 Å². The normalized spacial score (nSPS) is 28.9. The summed E-state index contributed by atoms with van der Waals surface area (Å²) in [6.07, 6.45) is -0.633. The number of imide groups is 1. The highest BCUT2D eigenvalue weighted by atomic mass is 16.5. The van der Waals surface area contributed by atoms with Gasteiger partial charge in [0.2, 0.25) is 11.8 Å². The molecule has 0 radical (unpaired) electrons. The van der Waals surface area contributed by atoms with E-state index in [9.17, 15) is 14.4 Å². The van der Waals surface area contributed by atoms with Gasteiger partial charge < -0.3 is 15.0 Å². The number of rotatable bonds is 6. The molecule has 3 aliphatic rings. The van der Waals surface area contributed by atoms with E-state index in [1.807, 2.05) is 5.32 Å². The number of fused-ring (bicyclic) bond motifs is 1. The predicted octanol–water partition coefficient (Wildman–Crippen LogP) is 1.89. The maximum Gasteiger partial charge on any atom is 0.255 e. The van der Waals surface area contributed by atoms with Gasteiger partial charge in [0.15, 0.2) is 0 Å². The van der Waals surface area contributed by atoms with Crippen molar-refractivity contribution in [2.45, 2.75) is 38.4 Å². The molecule has 0 aromatic heterocycles. The molecule has 5 rings (SSSR count). The third-order valence-electron chi connectivity index (χ3n) is 5.60. The number of piperidine rings is 1. The summed E-state index contributed by atoms with van der Waals surface area (Å²) >= 11 is 0. The minimum atomic E-state index is -2.69. The number of carbonyl (C=O) groups is 3. The SMILES string of the molecule is [2H]C([2H])(Nc1cccc2c1C([2H])([2H])N(C1([2H])CCC(=O)NC1=O)C2=O)c1cccc(C([2H])([2H])N2CCOCC2)c1. The van der Waals surface area contributed by atoms with Crippen molar-refractivity contribution in [2.24, 2.45) is 0 Å². The molecule has 8 nitrogen and oxygen atoms in total. The van der Waals surface area contributed by atoms with Crippen LogP contribution in [-0.2, 0) is 33.8 Å². The Hall–Kier alpha value is -3.23. The predicted molar refractivity (Wildman–Crippen MR) is 122 cm³/mol. The van der Waals surface area contributed by atoms with Crippen molar-refractivity contribution in [1.82, 2.24) is 15.1 Å². The lowest BCUT2D eigenvalue weighted by molar-refractivity contribution is -0.136. The third kappa shape index (κ3) is 4.62. The molecule has 1 atom stereocenters. The Morgan fingerprint density at radius 2 is 1.94 bits per heavy atom. The Labute approximate surface area is 202 Å². The minimum absolute atomic E-state index is 0.0687. The first kappa shape index (κ1) is 14.8. The van der Waals surface area contributed by atoms with E-state index >= 15 is 0 Å². The summed E-state index contributed by atoms with van der Waals surface area (Å²) in [6, 6.07) is 7.76. The van der Waals surface area contributed by atoms with Crippen LogP contribution in [0.1, 0.15) is 49.5 Å². The van der Waals surface area contributed by atoms with Gasteiger partial charge in [-0.25, -0.2) is 0 Å². The molecule has 0 spiro atoms. The van der Waals surface area contributed by atoms with Crippen LogP contribution in [0.4, 0.5) is 5.69 Å². The number of amides is 3. The van der Waals surface area contributed by atoms with Gasteiger partial charge >= 0.3 is 0 Å². The summed E-state index contributed by atoms with van der Waals surface area (Å²) in [5.41, 5.74) is -0.134. The topological polar surface area (TPSA) is 91.0 Å². The summed E-state index contributed by atoms with van der Waals surface area (Å²) in [4.78, 5) is 39.8. The Bertz CT molecular complexity index is 1380. The lowest BCUT2D eigenvalue weighted by Gasteiger charge is -2.29. The minimum Gasteiger partial charge on any atom is -0.381 e. The Kier molecular flexibility index (Phi) is 4.19. The fourth-order valence-corrected chi connectivity index (χ4v) is 3.91. The molecule has 2 saturated heterocycles. The molecule has 172 valence electrons. The summed E-state index contributed by atoms with van der Waals surface area (Å²) in [5, 5.41) is 4.67. The van der Waals surface area contributed by atoms with Gasteiger partial charge in [-0.2, -0.15) is 0 Å². The summed E-state index contributed by atoms with van der Waals surface area (Å²) in [6.45, 7) is -5.40. The van der Waals surface area contributed by atoms with Gasteiger partial charge in [0.25, 0.3) is 5.91 Å². The molecular formula is C25H28N4O4. The van der Waals surface area contributed by atoms with Crippen LogP contribution in [-0.4, -0.2) is 59.8 Å². The van der Waals surface area contributed by atoms with Crippen molar-refractivity contribution in [1.29, 1.82) is 0 Å². The summed E-state index contributed by atoms with van der Waals surface area (Å²) < 4.78 is 66.5. The highest BCUT2D eigenvalue weighted by molar-refractivity contribution is 6.06. The Balaban J connectivity index is 1.48. The molecule has 2 aromatic rings. The molecule has 3 amide bonds. The van der Waals surface area contributed by atoms with Crippen molar-refractivity contribution in [3.8, 4) is 0 Å². The number of hydrogen-bond acceptors (Lipinski definition) is 6. The maximum atomic E-state index is 13.4. The molecule has 8 heteroatoms. The third-order valence-corrected chi connectivity index (χ3v) is 5.60. The second-order valence-corrected chi connectivity index (χ2v) is 7.85. The quantitative estimate of drug-likeness (QED) is 0.647. The molecule has 33 heavy (non-hydrogen) atoms. The number of hydrogen-bond donors (Lipinski definition) is 2. The monoisotopic (exact) mass is 455 g/mol. The van der Waals surface area contributed by atoms with Crippen molar-refractivity contribution < 1.29 is 28.7 Å². The van der Waals surface area contributed by atoms with Gasteiger partial charge in [-0.15, -0.1) is 0 Å². The first-order valence-corrected chi connectivity index (χ1v) is 10.7. The number of carbonyl (C=O) groups excluding carboxylic acids is 3. The van der Waals surface area contributed by atoms with Gasteiger partial charge in [0, 0.05) is 58.6 Å². The van der Waals surface area contributed by atoms with Gasteiger partial charge in [0.05, 0.1) is 20.1 Å². The highest BCUT2D eigenvalue weighted by Crippen LogP contribution is 2.32. The summed E-state index contributed by atoms with van der Waals surface area (Å²) in [5.74, 6) is -2.65. The van der Waals surface area contributed by atoms with E-state index in [0.717, 1.165) is 0 Å². The number of anilines is 1. The van der Waals surface area contributed by atoms with E-state index in [1.54, 1.807) is 11.0 Å². The summed E-state index contributed by atoms with van der Waals surface area (Å²) in [7, 11) is 0. The first-order chi connectivity index (χ1) is 18.7. The van der Waals surface area contributed by atoms with E-state index in [-0.39, 0.29) is 34.4 Å². The number of benzene rings is 2. The van der Waals surface area contributed by atoms with Gasteiger partial charge in [-0.3, -0.25) is 24.6 Å². The maximum absolute atomic E-state index is 13.4. The van der Waals surface area contributed by atoms with Gasteiger partial charge in [0.1, 0.15) is 6.02 Å². The van der Waals surface area contributed by atoms with Crippen molar-refractivity contribution in [2.75, 3.05) is 31.6 Å². The molecule has 2 fully saturated rings. The lowest BCUT2D eigenvalue weighted by atomic mass is 10.0. The molecule has 2 aromatic carbocycles. The Morgan fingerprint density at radius 3 is 2.76 bits per heavy atom. The van der Waals surface area contributed by atoms with E-state index in [4.69, 9.17) is 14.3 Å². The number of nitrogens with one attached hydrogen (secondary N) is 2. The van der Waals surface area contributed by atoms with Crippen LogP contribution in [0.2, 0.25) is 0 Å². The molecule has 3 heterocycles.